The molecule has 4 heteroatoms. The smallest absolute Gasteiger partial charge is 0.117 e. The minimum absolute atomic E-state index is 0.742. The van der Waals surface area contributed by atoms with E-state index in [0.29, 0.717) is 0 Å². The van der Waals surface area contributed by atoms with Crippen molar-refractivity contribution < 1.29 is 4.74 Å². The lowest BCUT2D eigenvalue weighted by molar-refractivity contribution is 0.196. The molecule has 0 aromatic carbocycles. The van der Waals surface area contributed by atoms with Crippen LogP contribution in [-0.4, -0.2) is 30.1 Å². The van der Waals surface area contributed by atoms with Crippen molar-refractivity contribution in [1.29, 1.82) is 0 Å². The van der Waals surface area contributed by atoms with Gasteiger partial charge in [-0.1, -0.05) is 5.21 Å². The number of ether oxygens (including phenoxy) is 1. The first-order valence-corrected chi connectivity index (χ1v) is 4.83. The van der Waals surface area contributed by atoms with Gasteiger partial charge in [-0.2, -0.15) is 0 Å². The third kappa shape index (κ3) is 0.461. The summed E-state index contributed by atoms with van der Waals surface area (Å²) in [5.41, 5.74) is 0. The predicted molar refractivity (Wildman–Crippen MR) is 47.4 cm³/mol. The highest BCUT2D eigenvalue weighted by Gasteiger charge is 2.86. The van der Waals surface area contributed by atoms with Crippen molar-refractivity contribution in [2.24, 2.45) is 0 Å². The fourth-order valence-electron chi connectivity index (χ4n) is 2.47. The Balaban J connectivity index is 1.82. The zero-order valence-corrected chi connectivity index (χ0v) is 7.30. The van der Waals surface area contributed by atoms with Crippen LogP contribution in [0.5, 0.6) is 0 Å². The summed E-state index contributed by atoms with van der Waals surface area (Å²) < 4.78 is 6.40. The molecule has 0 aliphatic carbocycles. The Hall–Kier alpha value is 0.820. The Morgan fingerprint density at radius 3 is 2.78 bits per heavy atom. The molecule has 1 nitrogen and oxygen atoms in total. The predicted octanol–water partition coefficient (Wildman–Crippen LogP) is 0.663. The molecule has 0 saturated carbocycles. The highest BCUT2D eigenvalue weighted by atomic mass is 127. The first kappa shape index (κ1) is 5.47. The van der Waals surface area contributed by atoms with E-state index in [-0.39, 0.29) is 0 Å². The molecule has 3 aliphatic rings. The quantitative estimate of drug-likeness (QED) is 0.338. The summed E-state index contributed by atoms with van der Waals surface area (Å²) in [6, 6.07) is 0. The SMILES string of the molecule is IC1B2B1C21CCOC1. The largest absolute Gasteiger partial charge is 0.382 e. The van der Waals surface area contributed by atoms with E-state index in [1.165, 1.54) is 6.42 Å². The van der Waals surface area contributed by atoms with Gasteiger partial charge >= 0.3 is 0 Å². The minimum atomic E-state index is 0.742. The average molecular weight is 232 g/mol. The molecule has 3 heterocycles. The molecule has 0 N–H and O–H groups in total. The molecule has 9 heavy (non-hydrogen) atoms. The van der Waals surface area contributed by atoms with Gasteiger partial charge in [0.05, 0.1) is 0 Å². The van der Waals surface area contributed by atoms with Crippen LogP contribution in [0.25, 0.3) is 0 Å². The highest BCUT2D eigenvalue weighted by molar-refractivity contribution is 14.1. The van der Waals surface area contributed by atoms with Crippen LogP contribution in [0.4, 0.5) is 0 Å². The Morgan fingerprint density at radius 2 is 2.33 bits per heavy atom. The van der Waals surface area contributed by atoms with E-state index in [1.807, 2.05) is 0 Å². The van der Waals surface area contributed by atoms with Crippen molar-refractivity contribution in [3.8, 4) is 0 Å². The van der Waals surface area contributed by atoms with Gasteiger partial charge in [0.25, 0.3) is 0 Å². The summed E-state index contributed by atoms with van der Waals surface area (Å²) in [6.45, 7) is 4.29. The molecule has 46 valence electrons. The average Bonchev–Trinajstić information content (AvgIpc) is 2.57. The first-order valence-electron chi connectivity index (χ1n) is 3.58. The number of hydrogen-bond donors (Lipinski definition) is 0. The molecule has 3 fully saturated rings. The van der Waals surface area contributed by atoms with E-state index in [4.69, 9.17) is 4.74 Å². The Labute approximate surface area is 69.2 Å². The molecule has 0 aromatic heterocycles. The number of halogens is 1. The van der Waals surface area contributed by atoms with Gasteiger partial charge in [-0.3, -0.25) is 0 Å². The molecule has 3 saturated heterocycles. The van der Waals surface area contributed by atoms with Crippen LogP contribution < -0.4 is 0 Å². The van der Waals surface area contributed by atoms with Crippen molar-refractivity contribution in [3.05, 3.63) is 0 Å². The second kappa shape index (κ2) is 1.37. The van der Waals surface area contributed by atoms with Crippen molar-refractivity contribution in [1.82, 2.24) is 0 Å². The fourth-order valence-corrected chi connectivity index (χ4v) is 4.56. The van der Waals surface area contributed by atoms with E-state index in [1.54, 1.807) is 0 Å². The zero-order chi connectivity index (χ0) is 6.06. The lowest BCUT2D eigenvalue weighted by atomic mass is 9.61. The lowest BCUT2D eigenvalue weighted by Gasteiger charge is -2.15. The first-order chi connectivity index (χ1) is 4.36. The second-order valence-electron chi connectivity index (χ2n) is 3.53. The summed E-state index contributed by atoms with van der Waals surface area (Å²) in [7, 11) is 0. The maximum atomic E-state index is 5.37. The van der Waals surface area contributed by atoms with Crippen LogP contribution in [0.1, 0.15) is 6.42 Å². The van der Waals surface area contributed by atoms with Crippen LogP contribution in [0.3, 0.4) is 0 Å². The van der Waals surface area contributed by atoms with Gasteiger partial charge in [-0.05, 0) is 10.1 Å². The Bertz CT molecular complexity index is 156. The normalized spacial score (nSPS) is 35.7. The second-order valence-corrected chi connectivity index (χ2v) is 4.97. The standard InChI is InChI=1S/C5H7B2IO/c8-4-6-5(7(4)6)1-2-9-3-5/h4H,1-3H2. The zero-order valence-electron chi connectivity index (χ0n) is 5.14. The van der Waals surface area contributed by atoms with Gasteiger partial charge < -0.3 is 4.74 Å². The van der Waals surface area contributed by atoms with Gasteiger partial charge in [0, 0.05) is 13.2 Å². The third-order valence-corrected chi connectivity index (χ3v) is 4.78. The van der Waals surface area contributed by atoms with E-state index in [0.717, 1.165) is 35.4 Å². The Morgan fingerprint density at radius 1 is 1.56 bits per heavy atom. The van der Waals surface area contributed by atoms with Crippen LogP contribution in [0.15, 0.2) is 0 Å². The van der Waals surface area contributed by atoms with E-state index in [2.05, 4.69) is 22.6 Å². The topological polar surface area (TPSA) is 9.23 Å². The molecule has 0 aromatic rings. The summed E-state index contributed by atoms with van der Waals surface area (Å²) in [6.07, 6.45) is 1.36. The number of hydrogen-bond acceptors (Lipinski definition) is 1. The summed E-state index contributed by atoms with van der Waals surface area (Å²) >= 11 is 2.57. The van der Waals surface area contributed by atoms with Gasteiger partial charge in [0.1, 0.15) is 13.2 Å². The maximum absolute atomic E-state index is 5.37. The third-order valence-electron chi connectivity index (χ3n) is 3.23. The fraction of sp³-hybridized carbons (Fsp3) is 1.00. The van der Waals surface area contributed by atoms with Crippen molar-refractivity contribution in [3.63, 3.8) is 0 Å². The number of fused-ring (bicyclic) bond motifs is 3. The molecule has 0 atom stereocenters. The van der Waals surface area contributed by atoms with Crippen molar-refractivity contribution >= 4 is 35.8 Å². The van der Waals surface area contributed by atoms with Crippen molar-refractivity contribution in [2.75, 3.05) is 13.2 Å². The van der Waals surface area contributed by atoms with E-state index >= 15 is 0 Å². The van der Waals surface area contributed by atoms with E-state index < -0.39 is 0 Å². The molecule has 0 unspecified atom stereocenters. The lowest BCUT2D eigenvalue weighted by Crippen LogP contribution is -2.17. The van der Waals surface area contributed by atoms with Gasteiger partial charge in [-0.15, -0.1) is 22.6 Å². The molecule has 3 aliphatic heterocycles. The summed E-state index contributed by atoms with van der Waals surface area (Å²) in [4.78, 5) is 0. The highest BCUT2D eigenvalue weighted by Crippen LogP contribution is 2.72. The molecule has 0 bridgehead atoms. The number of rotatable bonds is 0. The minimum Gasteiger partial charge on any atom is -0.382 e. The van der Waals surface area contributed by atoms with Gasteiger partial charge in [0.15, 0.2) is 0 Å². The van der Waals surface area contributed by atoms with E-state index in [9.17, 15) is 0 Å². The van der Waals surface area contributed by atoms with Crippen LogP contribution in [0.2, 0.25) is 5.21 Å². The molecule has 0 radical (unpaired) electrons. The van der Waals surface area contributed by atoms with Crippen LogP contribution in [-0.2, 0) is 4.74 Å². The maximum Gasteiger partial charge on any atom is 0.117 e. The summed E-state index contributed by atoms with van der Waals surface area (Å²) in [5, 5.41) is 0.742. The van der Waals surface area contributed by atoms with Crippen LogP contribution >= 0.6 is 22.6 Å². The monoisotopic (exact) mass is 232 g/mol. The number of alkyl halides is 1. The van der Waals surface area contributed by atoms with Crippen LogP contribution in [0, 0.1) is 0 Å². The molecule has 3 rings (SSSR count). The summed E-state index contributed by atoms with van der Waals surface area (Å²) in [5.74, 6) is 0. The van der Waals surface area contributed by atoms with Gasteiger partial charge in [0.2, 0.25) is 0 Å². The van der Waals surface area contributed by atoms with Crippen molar-refractivity contribution in [2.45, 2.75) is 15.4 Å². The molecular formula is C5H7B2IO. The molecular weight excluding hydrogens is 225 g/mol. The Kier molecular flexibility index (Phi) is 0.834. The van der Waals surface area contributed by atoms with Gasteiger partial charge in [-0.25, -0.2) is 0 Å². The molecule has 0 amide bonds. The molecule has 1 spiro atoms.